The number of rotatable bonds is 5. The third kappa shape index (κ3) is 4.41. The van der Waals surface area contributed by atoms with Gasteiger partial charge in [0.1, 0.15) is 0 Å². The lowest BCUT2D eigenvalue weighted by Gasteiger charge is -2.18. The molecular weight excluding hydrogens is 276 g/mol. The van der Waals surface area contributed by atoms with E-state index >= 15 is 0 Å². The van der Waals surface area contributed by atoms with Crippen molar-refractivity contribution in [2.45, 2.75) is 19.4 Å². The molecule has 1 atom stereocenters. The van der Waals surface area contributed by atoms with Gasteiger partial charge >= 0.3 is 0 Å². The van der Waals surface area contributed by atoms with Crippen LogP contribution in [0.5, 0.6) is 0 Å². The van der Waals surface area contributed by atoms with Crippen LogP contribution in [-0.2, 0) is 6.54 Å². The van der Waals surface area contributed by atoms with Crippen LogP contribution < -0.4 is 5.32 Å². The summed E-state index contributed by atoms with van der Waals surface area (Å²) in [4.78, 5) is 2.42. The van der Waals surface area contributed by atoms with Crippen molar-refractivity contribution in [3.8, 4) is 0 Å². The van der Waals surface area contributed by atoms with Crippen molar-refractivity contribution in [1.82, 2.24) is 10.2 Å². The highest BCUT2D eigenvalue weighted by atomic mass is 79.9. The van der Waals surface area contributed by atoms with E-state index in [2.05, 4.69) is 57.5 Å². The Labute approximate surface area is 113 Å². The molecule has 94 valence electrons. The summed E-state index contributed by atoms with van der Waals surface area (Å²) in [6.07, 6.45) is 2.67. The van der Waals surface area contributed by atoms with Gasteiger partial charge in [-0.05, 0) is 63.1 Å². The molecule has 1 fully saturated rings. The number of nitrogens with zero attached hydrogens (tertiary/aromatic N) is 1. The fourth-order valence-electron chi connectivity index (χ4n) is 2.34. The van der Waals surface area contributed by atoms with Crippen LogP contribution in [0.3, 0.4) is 0 Å². The highest BCUT2D eigenvalue weighted by Crippen LogP contribution is 2.14. The highest BCUT2D eigenvalue weighted by Gasteiger charge is 2.14. The van der Waals surface area contributed by atoms with Gasteiger partial charge in [0.25, 0.3) is 0 Å². The number of hydrogen-bond donors (Lipinski definition) is 1. The molecule has 1 aromatic rings. The first-order chi connectivity index (χ1) is 8.24. The summed E-state index contributed by atoms with van der Waals surface area (Å²) in [5.41, 5.74) is 1.39. The topological polar surface area (TPSA) is 15.3 Å². The fourth-order valence-corrected chi connectivity index (χ4v) is 2.61. The summed E-state index contributed by atoms with van der Waals surface area (Å²) in [6.45, 7) is 4.67. The lowest BCUT2D eigenvalue weighted by atomic mass is 10.0. The van der Waals surface area contributed by atoms with Crippen molar-refractivity contribution in [3.63, 3.8) is 0 Å². The number of hydrogen-bond acceptors (Lipinski definition) is 2. The Bertz CT molecular complexity index is 331. The molecule has 1 N–H and O–H groups in total. The summed E-state index contributed by atoms with van der Waals surface area (Å²) in [5.74, 6) is 0.891. The Kier molecular flexibility index (Phi) is 5.01. The maximum Gasteiger partial charge on any atom is 0.0230 e. The normalized spacial score (nSPS) is 20.1. The second kappa shape index (κ2) is 6.53. The molecule has 1 heterocycles. The molecule has 0 bridgehead atoms. The van der Waals surface area contributed by atoms with Gasteiger partial charge in [0, 0.05) is 11.0 Å². The van der Waals surface area contributed by atoms with Crippen LogP contribution >= 0.6 is 15.9 Å². The van der Waals surface area contributed by atoms with Gasteiger partial charge in [0.2, 0.25) is 0 Å². The van der Waals surface area contributed by atoms with Crippen LogP contribution in [0.2, 0.25) is 0 Å². The van der Waals surface area contributed by atoms with Crippen molar-refractivity contribution < 1.29 is 0 Å². The summed E-state index contributed by atoms with van der Waals surface area (Å²) < 4.78 is 1.15. The van der Waals surface area contributed by atoms with Gasteiger partial charge in [0.15, 0.2) is 0 Å². The predicted molar refractivity (Wildman–Crippen MR) is 76.1 cm³/mol. The summed E-state index contributed by atoms with van der Waals surface area (Å²) in [5, 5.41) is 3.43. The molecule has 2 rings (SSSR count). The molecule has 1 aromatic carbocycles. The minimum absolute atomic E-state index is 0.891. The first kappa shape index (κ1) is 13.1. The fraction of sp³-hybridized carbons (Fsp3) is 0.571. The molecule has 0 aliphatic carbocycles. The lowest BCUT2D eigenvalue weighted by molar-refractivity contribution is 0.298. The van der Waals surface area contributed by atoms with Gasteiger partial charge < -0.3 is 10.2 Å². The van der Waals surface area contributed by atoms with E-state index in [4.69, 9.17) is 0 Å². The Morgan fingerprint density at radius 1 is 1.35 bits per heavy atom. The molecule has 0 radical (unpaired) electrons. The SMILES string of the molecule is CN(CCC1CCNC1)Cc1ccc(Br)cc1. The standard InChI is InChI=1S/C14H21BrN2/c1-17(9-7-12-6-8-16-10-12)11-13-2-4-14(15)5-3-13/h2-5,12,16H,6-11H2,1H3. The van der Waals surface area contributed by atoms with Crippen molar-refractivity contribution >= 4 is 15.9 Å². The molecule has 3 heteroatoms. The Hall–Kier alpha value is -0.380. The van der Waals surface area contributed by atoms with Crippen LogP contribution in [-0.4, -0.2) is 31.6 Å². The molecule has 1 aliphatic rings. The van der Waals surface area contributed by atoms with E-state index in [-0.39, 0.29) is 0 Å². The predicted octanol–water partition coefficient (Wildman–Crippen LogP) is 2.88. The zero-order valence-corrected chi connectivity index (χ0v) is 12.0. The molecule has 1 saturated heterocycles. The van der Waals surface area contributed by atoms with Crippen LogP contribution in [0.4, 0.5) is 0 Å². The number of halogens is 1. The Morgan fingerprint density at radius 3 is 2.76 bits per heavy atom. The van der Waals surface area contributed by atoms with Gasteiger partial charge in [-0.2, -0.15) is 0 Å². The maximum atomic E-state index is 3.47. The number of benzene rings is 1. The minimum Gasteiger partial charge on any atom is -0.316 e. The molecule has 0 saturated carbocycles. The van der Waals surface area contributed by atoms with Gasteiger partial charge in [-0.3, -0.25) is 0 Å². The lowest BCUT2D eigenvalue weighted by Crippen LogP contribution is -2.22. The molecule has 1 unspecified atom stereocenters. The summed E-state index contributed by atoms with van der Waals surface area (Å²) >= 11 is 3.47. The Morgan fingerprint density at radius 2 is 2.12 bits per heavy atom. The minimum atomic E-state index is 0.891. The van der Waals surface area contributed by atoms with E-state index in [0.29, 0.717) is 0 Å². The second-order valence-corrected chi connectivity index (χ2v) is 5.93. The Balaban J connectivity index is 1.72. The quantitative estimate of drug-likeness (QED) is 0.899. The first-order valence-corrected chi connectivity index (χ1v) is 7.17. The third-order valence-electron chi connectivity index (χ3n) is 3.45. The average molecular weight is 297 g/mol. The van der Waals surface area contributed by atoms with Crippen LogP contribution in [0, 0.1) is 5.92 Å². The van der Waals surface area contributed by atoms with Crippen molar-refractivity contribution in [2.24, 2.45) is 5.92 Å². The summed E-state index contributed by atoms with van der Waals surface area (Å²) in [7, 11) is 2.21. The molecule has 0 spiro atoms. The van der Waals surface area contributed by atoms with Gasteiger partial charge in [-0.15, -0.1) is 0 Å². The maximum absolute atomic E-state index is 3.47. The first-order valence-electron chi connectivity index (χ1n) is 6.38. The molecule has 0 amide bonds. The highest BCUT2D eigenvalue weighted by molar-refractivity contribution is 9.10. The van der Waals surface area contributed by atoms with Gasteiger partial charge in [-0.1, -0.05) is 28.1 Å². The monoisotopic (exact) mass is 296 g/mol. The smallest absolute Gasteiger partial charge is 0.0230 e. The third-order valence-corrected chi connectivity index (χ3v) is 3.98. The largest absolute Gasteiger partial charge is 0.316 e. The van der Waals surface area contributed by atoms with Gasteiger partial charge in [-0.25, -0.2) is 0 Å². The molecule has 1 aliphatic heterocycles. The van der Waals surface area contributed by atoms with E-state index in [1.54, 1.807) is 0 Å². The van der Waals surface area contributed by atoms with E-state index in [1.165, 1.54) is 38.0 Å². The van der Waals surface area contributed by atoms with E-state index in [9.17, 15) is 0 Å². The van der Waals surface area contributed by atoms with Crippen LogP contribution in [0.25, 0.3) is 0 Å². The van der Waals surface area contributed by atoms with Crippen molar-refractivity contribution in [3.05, 3.63) is 34.3 Å². The van der Waals surface area contributed by atoms with Crippen molar-refractivity contribution in [1.29, 1.82) is 0 Å². The molecule has 2 nitrogen and oxygen atoms in total. The average Bonchev–Trinajstić information content (AvgIpc) is 2.83. The molecule has 0 aromatic heterocycles. The second-order valence-electron chi connectivity index (χ2n) is 5.01. The number of nitrogens with one attached hydrogen (secondary N) is 1. The van der Waals surface area contributed by atoms with Crippen molar-refractivity contribution in [2.75, 3.05) is 26.7 Å². The van der Waals surface area contributed by atoms with Crippen LogP contribution in [0.15, 0.2) is 28.7 Å². The summed E-state index contributed by atoms with van der Waals surface area (Å²) in [6, 6.07) is 8.61. The zero-order valence-electron chi connectivity index (χ0n) is 10.5. The van der Waals surface area contributed by atoms with E-state index < -0.39 is 0 Å². The molecule has 17 heavy (non-hydrogen) atoms. The molecular formula is C14H21BrN2. The van der Waals surface area contributed by atoms with Gasteiger partial charge in [0.05, 0.1) is 0 Å². The van der Waals surface area contributed by atoms with E-state index in [1.807, 2.05) is 0 Å². The van der Waals surface area contributed by atoms with Crippen LogP contribution in [0.1, 0.15) is 18.4 Å². The zero-order chi connectivity index (χ0) is 12.1. The van der Waals surface area contributed by atoms with E-state index in [0.717, 1.165) is 16.9 Å².